The van der Waals surface area contributed by atoms with E-state index in [1.165, 1.54) is 6.07 Å². The van der Waals surface area contributed by atoms with E-state index in [2.05, 4.69) is 14.9 Å². The fraction of sp³-hybridized carbons (Fsp3) is 0.375. The van der Waals surface area contributed by atoms with Crippen LogP contribution < -0.4 is 4.74 Å². The highest BCUT2D eigenvalue weighted by atomic mass is 19.1. The molecule has 0 fully saturated rings. The molecule has 1 aliphatic rings. The lowest BCUT2D eigenvalue weighted by Crippen LogP contribution is -2.31. The first-order chi connectivity index (χ1) is 10.2. The van der Waals surface area contributed by atoms with Gasteiger partial charge in [-0.25, -0.2) is 14.4 Å². The van der Waals surface area contributed by atoms with Crippen LogP contribution >= 0.6 is 0 Å². The molecule has 0 saturated heterocycles. The highest BCUT2D eigenvalue weighted by Crippen LogP contribution is 2.25. The number of aryl methyl sites for hydroxylation is 1. The number of ether oxygens (including phenoxy) is 1. The van der Waals surface area contributed by atoms with Gasteiger partial charge in [-0.2, -0.15) is 0 Å². The molecule has 0 bridgehead atoms. The molecule has 0 atom stereocenters. The second-order valence-electron chi connectivity index (χ2n) is 5.27. The molecule has 0 N–H and O–H groups in total. The van der Waals surface area contributed by atoms with Gasteiger partial charge in [0, 0.05) is 49.1 Å². The summed E-state index contributed by atoms with van der Waals surface area (Å²) in [5, 5.41) is 0. The van der Waals surface area contributed by atoms with Gasteiger partial charge in [-0.1, -0.05) is 6.07 Å². The summed E-state index contributed by atoms with van der Waals surface area (Å²) in [5.41, 5.74) is 2.85. The summed E-state index contributed by atoms with van der Waals surface area (Å²) in [5.74, 6) is 1.18. The molecular weight excluding hydrogens is 269 g/mol. The van der Waals surface area contributed by atoms with Gasteiger partial charge in [-0.3, -0.25) is 4.90 Å². The Labute approximate surface area is 123 Å². The molecule has 0 amide bonds. The first-order valence-electron chi connectivity index (χ1n) is 7.02. The highest BCUT2D eigenvalue weighted by molar-refractivity contribution is 5.35. The molecule has 2 aromatic rings. The van der Waals surface area contributed by atoms with Crippen LogP contribution in [0.15, 0.2) is 24.4 Å². The molecule has 0 spiro atoms. The van der Waals surface area contributed by atoms with Crippen molar-refractivity contribution in [3.8, 4) is 5.75 Å². The Kier molecular flexibility index (Phi) is 3.84. The van der Waals surface area contributed by atoms with E-state index < -0.39 is 0 Å². The molecule has 1 aromatic carbocycles. The Bertz CT molecular complexity index is 660. The van der Waals surface area contributed by atoms with Crippen molar-refractivity contribution in [2.75, 3.05) is 13.7 Å². The summed E-state index contributed by atoms with van der Waals surface area (Å²) in [6.07, 6.45) is 2.75. The Morgan fingerprint density at radius 2 is 2.24 bits per heavy atom. The summed E-state index contributed by atoms with van der Waals surface area (Å²) >= 11 is 0. The van der Waals surface area contributed by atoms with Gasteiger partial charge in [0.15, 0.2) is 0 Å². The number of benzene rings is 1. The molecule has 0 unspecified atom stereocenters. The average Bonchev–Trinajstić information content (AvgIpc) is 2.49. The van der Waals surface area contributed by atoms with E-state index in [0.29, 0.717) is 17.9 Å². The zero-order valence-electron chi connectivity index (χ0n) is 12.3. The van der Waals surface area contributed by atoms with Crippen molar-refractivity contribution >= 4 is 0 Å². The molecule has 0 saturated carbocycles. The summed E-state index contributed by atoms with van der Waals surface area (Å²) in [6, 6.07) is 4.94. The molecule has 5 heteroatoms. The maximum atomic E-state index is 14.0. The monoisotopic (exact) mass is 287 g/mol. The molecule has 3 rings (SSSR count). The molecule has 0 aliphatic carbocycles. The quantitative estimate of drug-likeness (QED) is 0.869. The van der Waals surface area contributed by atoms with E-state index in [9.17, 15) is 4.39 Å². The van der Waals surface area contributed by atoms with Crippen molar-refractivity contribution < 1.29 is 9.13 Å². The molecule has 110 valence electrons. The third-order valence-electron chi connectivity index (χ3n) is 3.81. The number of methoxy groups -OCH3 is 1. The van der Waals surface area contributed by atoms with Crippen LogP contribution in [-0.4, -0.2) is 28.5 Å². The maximum Gasteiger partial charge on any atom is 0.131 e. The van der Waals surface area contributed by atoms with Crippen LogP contribution in [0.5, 0.6) is 5.75 Å². The van der Waals surface area contributed by atoms with Gasteiger partial charge in [-0.05, 0) is 19.1 Å². The van der Waals surface area contributed by atoms with E-state index in [-0.39, 0.29) is 5.82 Å². The summed E-state index contributed by atoms with van der Waals surface area (Å²) < 4.78 is 19.3. The molecule has 1 aliphatic heterocycles. The van der Waals surface area contributed by atoms with Crippen LogP contribution in [0, 0.1) is 12.7 Å². The van der Waals surface area contributed by atoms with Crippen molar-refractivity contribution in [3.05, 3.63) is 52.9 Å². The van der Waals surface area contributed by atoms with Gasteiger partial charge in [0.25, 0.3) is 0 Å². The van der Waals surface area contributed by atoms with E-state index in [1.807, 2.05) is 13.1 Å². The molecule has 1 aromatic heterocycles. The normalized spacial score (nSPS) is 14.8. The first-order valence-corrected chi connectivity index (χ1v) is 7.02. The lowest BCUT2D eigenvalue weighted by molar-refractivity contribution is 0.235. The van der Waals surface area contributed by atoms with Gasteiger partial charge in [0.1, 0.15) is 17.4 Å². The number of hydrogen-bond acceptors (Lipinski definition) is 4. The van der Waals surface area contributed by atoms with E-state index in [1.54, 1.807) is 19.2 Å². The van der Waals surface area contributed by atoms with Gasteiger partial charge in [0.05, 0.1) is 7.11 Å². The number of fused-ring (bicyclic) bond motifs is 1. The van der Waals surface area contributed by atoms with Crippen LogP contribution in [0.2, 0.25) is 0 Å². The summed E-state index contributed by atoms with van der Waals surface area (Å²) in [6.45, 7) is 4.04. The zero-order chi connectivity index (χ0) is 14.8. The van der Waals surface area contributed by atoms with Crippen LogP contribution in [0.3, 0.4) is 0 Å². The van der Waals surface area contributed by atoms with Gasteiger partial charge in [-0.15, -0.1) is 0 Å². The molecule has 0 radical (unpaired) electrons. The minimum atomic E-state index is -0.222. The van der Waals surface area contributed by atoms with Crippen molar-refractivity contribution in [1.82, 2.24) is 14.9 Å². The van der Waals surface area contributed by atoms with Crippen LogP contribution in [-0.2, 0) is 19.5 Å². The zero-order valence-corrected chi connectivity index (χ0v) is 12.3. The topological polar surface area (TPSA) is 38.2 Å². The van der Waals surface area contributed by atoms with Gasteiger partial charge >= 0.3 is 0 Å². The summed E-state index contributed by atoms with van der Waals surface area (Å²) in [7, 11) is 1.57. The Balaban J connectivity index is 1.80. The predicted molar refractivity (Wildman–Crippen MR) is 77.5 cm³/mol. The molecular formula is C16H18FN3O. The standard InChI is InChI=1S/C16H18FN3O/c1-11-18-8-12-9-20(7-6-15(12)19-11)10-13-14(17)4-3-5-16(13)21-2/h3-5,8H,6-7,9-10H2,1-2H3. The fourth-order valence-electron chi connectivity index (χ4n) is 2.72. The van der Waals surface area contributed by atoms with Crippen LogP contribution in [0.4, 0.5) is 4.39 Å². The van der Waals surface area contributed by atoms with Crippen LogP contribution in [0.25, 0.3) is 0 Å². The summed E-state index contributed by atoms with van der Waals surface area (Å²) in [4.78, 5) is 10.9. The van der Waals surface area contributed by atoms with Crippen LogP contribution in [0.1, 0.15) is 22.6 Å². The second-order valence-corrected chi connectivity index (χ2v) is 5.27. The third-order valence-corrected chi connectivity index (χ3v) is 3.81. The van der Waals surface area contributed by atoms with Crippen molar-refractivity contribution in [2.24, 2.45) is 0 Å². The maximum absolute atomic E-state index is 14.0. The second kappa shape index (κ2) is 5.77. The van der Waals surface area contributed by atoms with Crippen molar-refractivity contribution in [2.45, 2.75) is 26.4 Å². The predicted octanol–water partition coefficient (Wildman–Crippen LogP) is 2.49. The van der Waals surface area contributed by atoms with E-state index in [0.717, 1.165) is 36.6 Å². The highest BCUT2D eigenvalue weighted by Gasteiger charge is 2.20. The van der Waals surface area contributed by atoms with Gasteiger partial charge < -0.3 is 4.74 Å². The molecule has 2 heterocycles. The Hall–Kier alpha value is -2.01. The van der Waals surface area contributed by atoms with Crippen molar-refractivity contribution in [3.63, 3.8) is 0 Å². The van der Waals surface area contributed by atoms with Crippen molar-refractivity contribution in [1.29, 1.82) is 0 Å². The first kappa shape index (κ1) is 13.9. The minimum absolute atomic E-state index is 0.222. The van der Waals surface area contributed by atoms with E-state index >= 15 is 0 Å². The number of halogens is 1. The lowest BCUT2D eigenvalue weighted by Gasteiger charge is -2.28. The number of rotatable bonds is 3. The number of hydrogen-bond donors (Lipinski definition) is 0. The third kappa shape index (κ3) is 2.88. The number of nitrogens with zero attached hydrogens (tertiary/aromatic N) is 3. The largest absolute Gasteiger partial charge is 0.496 e. The van der Waals surface area contributed by atoms with E-state index in [4.69, 9.17) is 4.74 Å². The van der Waals surface area contributed by atoms with Gasteiger partial charge in [0.2, 0.25) is 0 Å². The molecule has 4 nitrogen and oxygen atoms in total. The average molecular weight is 287 g/mol. The molecule has 21 heavy (non-hydrogen) atoms. The Morgan fingerprint density at radius 3 is 3.05 bits per heavy atom. The minimum Gasteiger partial charge on any atom is -0.496 e. The SMILES string of the molecule is COc1cccc(F)c1CN1CCc2nc(C)ncc2C1. The number of aromatic nitrogens is 2. The lowest BCUT2D eigenvalue weighted by atomic mass is 10.1. The Morgan fingerprint density at radius 1 is 1.38 bits per heavy atom. The fourth-order valence-corrected chi connectivity index (χ4v) is 2.72. The smallest absolute Gasteiger partial charge is 0.131 e.